The lowest BCUT2D eigenvalue weighted by molar-refractivity contribution is -0.377. The number of aromatic nitrogens is 1. The number of hydrogen-bond acceptors (Lipinski definition) is 3. The van der Waals surface area contributed by atoms with Crippen molar-refractivity contribution in [3.8, 4) is 11.1 Å². The number of rotatable bonds is 1. The molecule has 0 atom stereocenters. The molecular weight excluding hydrogens is 368 g/mol. The zero-order chi connectivity index (χ0) is 17.1. The van der Waals surface area contributed by atoms with E-state index in [9.17, 15) is 4.79 Å². The summed E-state index contributed by atoms with van der Waals surface area (Å²) in [5.41, 5.74) is 4.32. The number of alkyl halides is 1. The van der Waals surface area contributed by atoms with Crippen LogP contribution in [0.25, 0.3) is 22.1 Å². The highest BCUT2D eigenvalue weighted by atomic mass is 79.9. The van der Waals surface area contributed by atoms with Gasteiger partial charge in [0.2, 0.25) is 0 Å². The lowest BCUT2D eigenvalue weighted by atomic mass is 9.99. The van der Waals surface area contributed by atoms with Crippen molar-refractivity contribution in [2.24, 2.45) is 0 Å². The average Bonchev–Trinajstić information content (AvgIpc) is 2.63. The predicted molar refractivity (Wildman–Crippen MR) is 101 cm³/mol. The SMILES string of the molecule is CBr.CN1CCCc2cc3cc(-c4cc[nH+]cc4)c(=O)oc3cc21. The van der Waals surface area contributed by atoms with E-state index in [1.165, 1.54) is 11.3 Å². The molecule has 1 aliphatic heterocycles. The molecule has 0 amide bonds. The van der Waals surface area contributed by atoms with Crippen LogP contribution in [0.3, 0.4) is 0 Å². The molecule has 4 nitrogen and oxygen atoms in total. The predicted octanol–water partition coefficient (Wildman–Crippen LogP) is 3.67. The standard InChI is InChI=1S/C18H16N2O2.CH3Br/c1-20-8-2-3-13-9-14-10-15(12-4-6-19-7-5-12)18(21)22-17(14)11-16(13)20;1-2/h4-7,9-11H,2-3,8H2,1H3;1H3/p+1. The number of H-pyrrole nitrogens is 1. The molecular formula is C19H20BrN2O2+. The van der Waals surface area contributed by atoms with Crippen LogP contribution in [0.4, 0.5) is 5.69 Å². The van der Waals surface area contributed by atoms with E-state index in [-0.39, 0.29) is 5.63 Å². The van der Waals surface area contributed by atoms with Crippen molar-refractivity contribution in [1.82, 2.24) is 0 Å². The third-order valence-electron chi connectivity index (χ3n) is 4.31. The maximum atomic E-state index is 12.3. The van der Waals surface area contributed by atoms with Crippen molar-refractivity contribution >= 4 is 32.6 Å². The van der Waals surface area contributed by atoms with Crippen LogP contribution in [0.5, 0.6) is 0 Å². The summed E-state index contributed by atoms with van der Waals surface area (Å²) in [6.45, 7) is 1.04. The maximum absolute atomic E-state index is 12.3. The molecule has 0 unspecified atom stereocenters. The van der Waals surface area contributed by atoms with Crippen molar-refractivity contribution in [3.05, 3.63) is 58.7 Å². The van der Waals surface area contributed by atoms with Crippen LogP contribution in [0.15, 0.2) is 51.9 Å². The van der Waals surface area contributed by atoms with Crippen molar-refractivity contribution in [2.75, 3.05) is 24.3 Å². The monoisotopic (exact) mass is 387 g/mol. The molecule has 0 saturated carbocycles. The molecule has 4 rings (SSSR count). The Hall–Kier alpha value is -2.14. The molecule has 3 aromatic rings. The molecule has 124 valence electrons. The van der Waals surface area contributed by atoms with Crippen molar-refractivity contribution in [3.63, 3.8) is 0 Å². The molecule has 0 spiro atoms. The molecule has 0 radical (unpaired) electrons. The number of halogens is 1. The van der Waals surface area contributed by atoms with Gasteiger partial charge in [-0.05, 0) is 36.4 Å². The summed E-state index contributed by atoms with van der Waals surface area (Å²) < 4.78 is 5.57. The average molecular weight is 388 g/mol. The smallest absolute Gasteiger partial charge is 0.344 e. The number of benzene rings is 1. The van der Waals surface area contributed by atoms with Crippen LogP contribution in [0, 0.1) is 0 Å². The fourth-order valence-corrected chi connectivity index (χ4v) is 3.15. The van der Waals surface area contributed by atoms with Crippen LogP contribution in [-0.2, 0) is 6.42 Å². The Kier molecular flexibility index (Phi) is 5.00. The van der Waals surface area contributed by atoms with Crippen LogP contribution in [-0.4, -0.2) is 19.4 Å². The molecule has 1 aliphatic rings. The molecule has 0 saturated heterocycles. The lowest BCUT2D eigenvalue weighted by Crippen LogP contribution is -2.24. The van der Waals surface area contributed by atoms with Gasteiger partial charge in [-0.25, -0.2) is 9.78 Å². The van der Waals surface area contributed by atoms with Crippen molar-refractivity contribution in [2.45, 2.75) is 12.8 Å². The van der Waals surface area contributed by atoms with Gasteiger partial charge in [0.15, 0.2) is 12.4 Å². The van der Waals surface area contributed by atoms with Gasteiger partial charge in [0.1, 0.15) is 5.58 Å². The number of hydrogen-bond donors (Lipinski definition) is 0. The summed E-state index contributed by atoms with van der Waals surface area (Å²) in [6, 6.07) is 9.84. The Labute approximate surface area is 149 Å². The molecule has 24 heavy (non-hydrogen) atoms. The molecule has 1 aromatic carbocycles. The van der Waals surface area contributed by atoms with Gasteiger partial charge >= 0.3 is 5.63 Å². The third kappa shape index (κ3) is 3.08. The van der Waals surface area contributed by atoms with Gasteiger partial charge in [-0.1, -0.05) is 15.9 Å². The molecule has 5 heteroatoms. The van der Waals surface area contributed by atoms with Crippen LogP contribution in [0.2, 0.25) is 0 Å². The Morgan fingerprint density at radius 1 is 1.17 bits per heavy atom. The summed E-state index contributed by atoms with van der Waals surface area (Å²) in [5.74, 6) is 1.81. The summed E-state index contributed by atoms with van der Waals surface area (Å²) in [5, 5.41) is 0.983. The van der Waals surface area contributed by atoms with Crippen LogP contribution in [0.1, 0.15) is 12.0 Å². The fraction of sp³-hybridized carbons (Fsp3) is 0.263. The van der Waals surface area contributed by atoms with Gasteiger partial charge in [-0.2, -0.15) is 0 Å². The quantitative estimate of drug-likeness (QED) is 0.472. The highest BCUT2D eigenvalue weighted by Gasteiger charge is 2.16. The summed E-state index contributed by atoms with van der Waals surface area (Å²) in [4.78, 5) is 17.5. The lowest BCUT2D eigenvalue weighted by Gasteiger charge is -2.27. The number of fused-ring (bicyclic) bond motifs is 2. The number of anilines is 1. The first-order chi connectivity index (χ1) is 11.7. The fourth-order valence-electron chi connectivity index (χ4n) is 3.15. The second-order valence-electron chi connectivity index (χ2n) is 5.78. The van der Waals surface area contributed by atoms with E-state index >= 15 is 0 Å². The first kappa shape index (κ1) is 16.7. The topological polar surface area (TPSA) is 47.6 Å². The normalized spacial score (nSPS) is 13.2. The first-order valence-electron chi connectivity index (χ1n) is 7.88. The second kappa shape index (κ2) is 7.18. The van der Waals surface area contributed by atoms with Crippen molar-refractivity contribution in [1.29, 1.82) is 0 Å². The second-order valence-corrected chi connectivity index (χ2v) is 5.78. The zero-order valence-electron chi connectivity index (χ0n) is 13.8. The largest absolute Gasteiger partial charge is 0.422 e. The third-order valence-corrected chi connectivity index (χ3v) is 4.31. The Bertz CT molecular complexity index is 906. The van der Waals surface area contributed by atoms with Gasteiger partial charge in [0.25, 0.3) is 0 Å². The van der Waals surface area contributed by atoms with Gasteiger partial charge in [0, 0.05) is 48.4 Å². The molecule has 0 fully saturated rings. The number of nitrogens with zero attached hydrogens (tertiary/aromatic N) is 1. The van der Waals surface area contributed by atoms with E-state index in [1.54, 1.807) is 12.4 Å². The zero-order valence-corrected chi connectivity index (χ0v) is 15.4. The summed E-state index contributed by atoms with van der Waals surface area (Å²) >= 11 is 2.94. The molecule has 3 heterocycles. The van der Waals surface area contributed by atoms with Crippen LogP contribution < -0.4 is 15.5 Å². The number of nitrogens with one attached hydrogen (secondary N) is 1. The Morgan fingerprint density at radius 2 is 1.92 bits per heavy atom. The van der Waals surface area contributed by atoms with Crippen molar-refractivity contribution < 1.29 is 9.40 Å². The highest BCUT2D eigenvalue weighted by molar-refractivity contribution is 9.08. The first-order valence-corrected chi connectivity index (χ1v) is 9.47. The van der Waals surface area contributed by atoms with E-state index in [4.69, 9.17) is 4.42 Å². The number of aromatic amines is 1. The molecule has 2 aromatic heterocycles. The summed E-state index contributed by atoms with van der Waals surface area (Å²) in [7, 11) is 2.08. The molecule has 0 aliphatic carbocycles. The molecule has 0 bridgehead atoms. The minimum absolute atomic E-state index is 0.294. The van der Waals surface area contributed by atoms with Crippen LogP contribution >= 0.6 is 15.9 Å². The number of aryl methyl sites for hydroxylation is 1. The minimum Gasteiger partial charge on any atom is -0.422 e. The van der Waals surface area contributed by atoms with E-state index in [0.29, 0.717) is 11.1 Å². The molecule has 1 N–H and O–H groups in total. The minimum atomic E-state index is -0.294. The maximum Gasteiger partial charge on any atom is 0.344 e. The van der Waals surface area contributed by atoms with Gasteiger partial charge in [-0.3, -0.25) is 0 Å². The Morgan fingerprint density at radius 3 is 2.67 bits per heavy atom. The van der Waals surface area contributed by atoms with E-state index in [1.807, 2.05) is 30.1 Å². The van der Waals surface area contributed by atoms with E-state index < -0.39 is 0 Å². The summed E-state index contributed by atoms with van der Waals surface area (Å²) in [6.07, 6.45) is 5.85. The number of pyridine rings is 1. The Balaban J connectivity index is 0.000000815. The highest BCUT2D eigenvalue weighted by Crippen LogP contribution is 2.31. The van der Waals surface area contributed by atoms with Gasteiger partial charge < -0.3 is 9.32 Å². The van der Waals surface area contributed by atoms with Gasteiger partial charge in [-0.15, -0.1) is 0 Å². The van der Waals surface area contributed by atoms with Gasteiger partial charge in [0.05, 0.1) is 5.56 Å². The van der Waals surface area contributed by atoms with E-state index in [0.717, 1.165) is 30.3 Å². The van der Waals surface area contributed by atoms with E-state index in [2.05, 4.69) is 38.9 Å².